The molecule has 12 heteroatoms. The molecule has 3 aromatic rings. The van der Waals surface area contributed by atoms with Gasteiger partial charge in [-0.05, 0) is 12.1 Å². The van der Waals surface area contributed by atoms with Crippen molar-refractivity contribution in [2.45, 2.75) is 6.18 Å². The molecule has 33 heavy (non-hydrogen) atoms. The summed E-state index contributed by atoms with van der Waals surface area (Å²) in [5.41, 5.74) is 5.19. The number of aromatic nitrogens is 1. The molecule has 0 radical (unpaired) electrons. The average molecular weight is 502 g/mol. The Kier molecular flexibility index (Phi) is 7.39. The van der Waals surface area contributed by atoms with E-state index in [-0.39, 0.29) is 22.0 Å². The number of benzene rings is 2. The van der Waals surface area contributed by atoms with E-state index in [1.807, 2.05) is 0 Å². The molecule has 1 heterocycles. The molecule has 0 saturated heterocycles. The van der Waals surface area contributed by atoms with Crippen molar-refractivity contribution >= 4 is 40.6 Å². The lowest BCUT2D eigenvalue weighted by molar-refractivity contribution is -0.146. The van der Waals surface area contributed by atoms with Crippen molar-refractivity contribution in [2.75, 3.05) is 12.3 Å². The monoisotopic (exact) mass is 501 g/mol. The maximum absolute atomic E-state index is 13.6. The molecule has 0 aliphatic rings. The number of halogens is 6. The van der Waals surface area contributed by atoms with Crippen molar-refractivity contribution in [3.8, 4) is 5.88 Å². The Balaban J connectivity index is 1.79. The Hall–Kier alpha value is -3.37. The minimum Gasteiger partial charge on any atom is -0.464 e. The number of rotatable bonds is 6. The van der Waals surface area contributed by atoms with Gasteiger partial charge in [0.05, 0.1) is 11.3 Å². The molecule has 0 aliphatic heterocycles. The first-order valence-electron chi connectivity index (χ1n) is 9.01. The average Bonchev–Trinajstić information content (AvgIpc) is 2.79. The van der Waals surface area contributed by atoms with Gasteiger partial charge in [-0.3, -0.25) is 0 Å². The van der Waals surface area contributed by atoms with Crippen LogP contribution in [-0.2, 0) is 15.8 Å². The van der Waals surface area contributed by atoms with Crippen LogP contribution in [0.4, 0.5) is 23.2 Å². The maximum atomic E-state index is 13.6. The van der Waals surface area contributed by atoms with Gasteiger partial charge in [0.1, 0.15) is 15.8 Å². The van der Waals surface area contributed by atoms with E-state index < -0.39 is 41.2 Å². The van der Waals surface area contributed by atoms with Crippen LogP contribution in [0.1, 0.15) is 16.7 Å². The standard InChI is InChI=1S/C21H13Cl2F4N3O3/c22-15-17(28)16(23)20(29-19(15)24)32-10-14(31)33-30-18(11-4-2-1-3-5-11)12-6-8-13(9-7-12)21(25,26)27/h1-9H,10H2,(H2,28,29)/b30-18-. The fourth-order valence-electron chi connectivity index (χ4n) is 2.54. The van der Waals surface area contributed by atoms with Crippen LogP contribution in [0.2, 0.25) is 10.0 Å². The van der Waals surface area contributed by atoms with Crippen molar-refractivity contribution in [1.29, 1.82) is 0 Å². The molecule has 0 amide bonds. The molecule has 1 aromatic heterocycles. The third kappa shape index (κ3) is 5.91. The van der Waals surface area contributed by atoms with E-state index in [2.05, 4.69) is 10.1 Å². The van der Waals surface area contributed by atoms with Crippen LogP contribution >= 0.6 is 23.2 Å². The van der Waals surface area contributed by atoms with Crippen LogP contribution in [0.25, 0.3) is 0 Å². The number of anilines is 1. The molecule has 2 N–H and O–H groups in total. The third-order valence-electron chi connectivity index (χ3n) is 4.14. The van der Waals surface area contributed by atoms with E-state index >= 15 is 0 Å². The predicted octanol–water partition coefficient (Wildman–Crippen LogP) is 5.50. The normalized spacial score (nSPS) is 11.9. The smallest absolute Gasteiger partial charge is 0.416 e. The molecule has 0 unspecified atom stereocenters. The number of hydrogen-bond acceptors (Lipinski definition) is 6. The number of oxime groups is 1. The minimum atomic E-state index is -4.51. The summed E-state index contributed by atoms with van der Waals surface area (Å²) >= 11 is 11.4. The van der Waals surface area contributed by atoms with Crippen molar-refractivity contribution in [3.05, 3.63) is 87.3 Å². The number of carbonyl (C=O) groups excluding carboxylic acids is 1. The van der Waals surface area contributed by atoms with Gasteiger partial charge in [0.25, 0.3) is 0 Å². The van der Waals surface area contributed by atoms with Gasteiger partial charge >= 0.3 is 12.1 Å². The van der Waals surface area contributed by atoms with Gasteiger partial charge in [-0.2, -0.15) is 22.5 Å². The quantitative estimate of drug-likeness (QED) is 0.158. The Bertz CT molecular complexity index is 1190. The lowest BCUT2D eigenvalue weighted by Crippen LogP contribution is -2.15. The number of hydrogen-bond donors (Lipinski definition) is 1. The van der Waals surface area contributed by atoms with Crippen LogP contribution in [0.15, 0.2) is 59.8 Å². The van der Waals surface area contributed by atoms with Crippen molar-refractivity contribution in [2.24, 2.45) is 5.16 Å². The molecule has 172 valence electrons. The van der Waals surface area contributed by atoms with Gasteiger partial charge in [-0.25, -0.2) is 4.79 Å². The summed E-state index contributed by atoms with van der Waals surface area (Å²) in [4.78, 5) is 20.3. The Morgan fingerprint density at radius 2 is 1.61 bits per heavy atom. The van der Waals surface area contributed by atoms with Gasteiger partial charge < -0.3 is 15.3 Å². The van der Waals surface area contributed by atoms with Crippen molar-refractivity contribution < 1.29 is 31.9 Å². The Morgan fingerprint density at radius 1 is 1.00 bits per heavy atom. The summed E-state index contributed by atoms with van der Waals surface area (Å²) in [6.07, 6.45) is -4.51. The summed E-state index contributed by atoms with van der Waals surface area (Å²) in [5, 5.41) is 2.98. The van der Waals surface area contributed by atoms with E-state index in [1.165, 1.54) is 12.1 Å². The molecule has 3 rings (SSSR count). The highest BCUT2D eigenvalue weighted by Gasteiger charge is 2.30. The van der Waals surface area contributed by atoms with Crippen molar-refractivity contribution in [3.63, 3.8) is 0 Å². The van der Waals surface area contributed by atoms with Crippen LogP contribution in [0, 0.1) is 5.95 Å². The molecule has 0 bridgehead atoms. The number of pyridine rings is 1. The van der Waals surface area contributed by atoms with E-state index in [9.17, 15) is 22.4 Å². The molecule has 2 aromatic carbocycles. The van der Waals surface area contributed by atoms with Gasteiger partial charge in [0, 0.05) is 11.1 Å². The molecule has 0 spiro atoms. The second-order valence-electron chi connectivity index (χ2n) is 6.38. The number of nitrogen functional groups attached to an aromatic ring is 1. The molecule has 6 nitrogen and oxygen atoms in total. The summed E-state index contributed by atoms with van der Waals surface area (Å²) < 4.78 is 57.2. The molecule has 0 aliphatic carbocycles. The minimum absolute atomic E-state index is 0.0932. The van der Waals surface area contributed by atoms with E-state index in [4.69, 9.17) is 38.5 Å². The summed E-state index contributed by atoms with van der Waals surface area (Å²) in [5.74, 6) is -2.65. The van der Waals surface area contributed by atoms with Gasteiger partial charge in [0.2, 0.25) is 11.8 Å². The highest BCUT2D eigenvalue weighted by atomic mass is 35.5. The summed E-state index contributed by atoms with van der Waals surface area (Å²) in [6, 6.07) is 12.5. The Labute approximate surface area is 194 Å². The number of carbonyl (C=O) groups is 1. The topological polar surface area (TPSA) is 86.8 Å². The van der Waals surface area contributed by atoms with Crippen LogP contribution in [0.3, 0.4) is 0 Å². The molecular weight excluding hydrogens is 489 g/mol. The highest BCUT2D eigenvalue weighted by molar-refractivity contribution is 6.39. The van der Waals surface area contributed by atoms with Gasteiger partial charge in [0.15, 0.2) is 6.61 Å². The zero-order valence-corrected chi connectivity index (χ0v) is 17.9. The first-order valence-corrected chi connectivity index (χ1v) is 9.77. The molecule has 0 saturated carbocycles. The summed E-state index contributed by atoms with van der Waals surface area (Å²) in [6.45, 7) is -0.772. The van der Waals surface area contributed by atoms with Crippen LogP contribution in [-0.4, -0.2) is 23.3 Å². The highest BCUT2D eigenvalue weighted by Crippen LogP contribution is 2.35. The zero-order chi connectivity index (χ0) is 24.2. The van der Waals surface area contributed by atoms with Gasteiger partial charge in [-0.15, -0.1) is 0 Å². The zero-order valence-electron chi connectivity index (χ0n) is 16.4. The predicted molar refractivity (Wildman–Crippen MR) is 114 cm³/mol. The van der Waals surface area contributed by atoms with Gasteiger partial charge in [-0.1, -0.05) is 70.8 Å². The lowest BCUT2D eigenvalue weighted by atomic mass is 10.0. The summed E-state index contributed by atoms with van der Waals surface area (Å²) in [7, 11) is 0. The second-order valence-corrected chi connectivity index (χ2v) is 7.14. The third-order valence-corrected chi connectivity index (χ3v) is 4.86. The van der Waals surface area contributed by atoms with Crippen molar-refractivity contribution in [1.82, 2.24) is 4.98 Å². The van der Waals surface area contributed by atoms with Crippen LogP contribution in [0.5, 0.6) is 5.88 Å². The molecular formula is C21H13Cl2F4N3O3. The first-order chi connectivity index (χ1) is 15.6. The Morgan fingerprint density at radius 3 is 2.21 bits per heavy atom. The lowest BCUT2D eigenvalue weighted by Gasteiger charge is -2.10. The maximum Gasteiger partial charge on any atom is 0.416 e. The first kappa shape index (κ1) is 24.3. The molecule has 0 atom stereocenters. The number of nitrogens with zero attached hydrogens (tertiary/aromatic N) is 2. The largest absolute Gasteiger partial charge is 0.464 e. The number of nitrogens with two attached hydrogens (primary N) is 1. The number of ether oxygens (including phenoxy) is 1. The fraction of sp³-hybridized carbons (Fsp3) is 0.0952. The van der Waals surface area contributed by atoms with E-state index in [0.29, 0.717) is 5.56 Å². The second kappa shape index (κ2) is 10.1. The van der Waals surface area contributed by atoms with E-state index in [1.54, 1.807) is 30.3 Å². The van der Waals surface area contributed by atoms with E-state index in [0.717, 1.165) is 12.1 Å². The molecule has 0 fully saturated rings. The SMILES string of the molecule is Nc1c(Cl)c(F)nc(OCC(=O)O/N=C(/c2ccccc2)c2ccc(C(F)(F)F)cc2)c1Cl. The van der Waals surface area contributed by atoms with Crippen LogP contribution < -0.4 is 10.5 Å². The number of alkyl halides is 3. The fourth-order valence-corrected chi connectivity index (χ4v) is 2.92.